The van der Waals surface area contributed by atoms with Gasteiger partial charge in [0.1, 0.15) is 12.7 Å². The van der Waals surface area contributed by atoms with Crippen molar-refractivity contribution in [3.8, 4) is 11.5 Å². The Kier molecular flexibility index (Phi) is 2.76. The molecule has 0 amide bonds. The van der Waals surface area contributed by atoms with Crippen LogP contribution in [-0.4, -0.2) is 18.7 Å². The van der Waals surface area contributed by atoms with Crippen molar-refractivity contribution in [2.45, 2.75) is 18.9 Å². The minimum absolute atomic E-state index is 0.00378. The maximum absolute atomic E-state index is 10.3. The molecule has 0 spiro atoms. The van der Waals surface area contributed by atoms with Crippen LogP contribution in [0.2, 0.25) is 0 Å². The van der Waals surface area contributed by atoms with Gasteiger partial charge in [0, 0.05) is 0 Å². The molecule has 0 aromatic heterocycles. The van der Waals surface area contributed by atoms with Crippen molar-refractivity contribution in [3.05, 3.63) is 24.3 Å². The molecule has 2 rings (SSSR count). The second-order valence-corrected chi connectivity index (χ2v) is 3.41. The summed E-state index contributed by atoms with van der Waals surface area (Å²) in [6.07, 6.45) is 0.213. The summed E-state index contributed by atoms with van der Waals surface area (Å²) in [4.78, 5) is 10.3. The lowest BCUT2D eigenvalue weighted by Gasteiger charge is -2.25. The fraction of sp³-hybridized carbons (Fsp3) is 0.364. The molecule has 1 aliphatic rings. The monoisotopic (exact) mass is 207 g/mol. The Morgan fingerprint density at radius 3 is 2.80 bits per heavy atom. The van der Waals surface area contributed by atoms with Crippen LogP contribution >= 0.6 is 0 Å². The summed E-state index contributed by atoms with van der Waals surface area (Å²) >= 11 is 0. The number of rotatable bonds is 3. The van der Waals surface area contributed by atoms with Gasteiger partial charge in [-0.3, -0.25) is 0 Å². The quantitative estimate of drug-likeness (QED) is 0.755. The van der Waals surface area contributed by atoms with Gasteiger partial charge in [0.2, 0.25) is 0 Å². The highest BCUT2D eigenvalue weighted by molar-refractivity contribution is 5.66. The van der Waals surface area contributed by atoms with Crippen LogP contribution in [0.5, 0.6) is 11.5 Å². The van der Waals surface area contributed by atoms with Crippen molar-refractivity contribution in [2.75, 3.05) is 6.61 Å². The van der Waals surface area contributed by atoms with Crippen LogP contribution in [0.15, 0.2) is 24.3 Å². The summed E-state index contributed by atoms with van der Waals surface area (Å²) in [6.45, 7) is 0.393. The van der Waals surface area contributed by atoms with E-state index >= 15 is 0 Å². The number of carbonyl (C=O) groups is 1. The summed E-state index contributed by atoms with van der Waals surface area (Å²) in [5.41, 5.74) is 0. The largest absolute Gasteiger partial charge is 0.486 e. The smallest absolute Gasteiger partial charge is 0.355 e. The average Bonchev–Trinajstić information content (AvgIpc) is 2.26. The molecule has 15 heavy (non-hydrogen) atoms. The van der Waals surface area contributed by atoms with Crippen molar-refractivity contribution in [3.63, 3.8) is 0 Å². The van der Waals surface area contributed by atoms with Crippen molar-refractivity contribution < 1.29 is 19.4 Å². The predicted octanol–water partition coefficient (Wildman–Crippen LogP) is 1.56. The number of hydrogen-bond donors (Lipinski definition) is 0. The van der Waals surface area contributed by atoms with Crippen LogP contribution in [0.4, 0.5) is 0 Å². The van der Waals surface area contributed by atoms with Gasteiger partial charge in [0.15, 0.2) is 11.5 Å². The maximum Gasteiger partial charge on any atom is 0.355 e. The maximum atomic E-state index is 10.3. The molecule has 4 heteroatoms. The van der Waals surface area contributed by atoms with Gasteiger partial charge in [-0.2, -0.15) is 0 Å². The van der Waals surface area contributed by atoms with Gasteiger partial charge in [-0.05, 0) is 18.6 Å². The van der Waals surface area contributed by atoms with Crippen molar-refractivity contribution in [2.24, 2.45) is 0 Å². The average molecular weight is 207 g/mol. The molecule has 4 nitrogen and oxygen atoms in total. The van der Waals surface area contributed by atoms with E-state index in [0.717, 1.165) is 0 Å². The van der Waals surface area contributed by atoms with Gasteiger partial charge in [0.25, 0.3) is 0 Å². The zero-order valence-corrected chi connectivity index (χ0v) is 8.14. The lowest BCUT2D eigenvalue weighted by atomic mass is 10.2. The summed E-state index contributed by atoms with van der Waals surface area (Å²) in [5, 5.41) is 10.3. The van der Waals surface area contributed by atoms with Crippen molar-refractivity contribution >= 4 is 5.97 Å². The number of para-hydroxylation sites is 2. The highest BCUT2D eigenvalue weighted by atomic mass is 16.6. The van der Waals surface area contributed by atoms with E-state index in [-0.39, 0.29) is 12.5 Å². The van der Waals surface area contributed by atoms with Crippen LogP contribution in [0, 0.1) is 0 Å². The third-order valence-electron chi connectivity index (χ3n) is 2.24. The Morgan fingerprint density at radius 2 is 2.07 bits per heavy atom. The Labute approximate surface area is 87.4 Å². The van der Waals surface area contributed by atoms with Crippen molar-refractivity contribution in [1.82, 2.24) is 0 Å². The first-order valence-electron chi connectivity index (χ1n) is 4.84. The third-order valence-corrected chi connectivity index (χ3v) is 2.24. The number of ether oxygens (including phenoxy) is 2. The highest BCUT2D eigenvalue weighted by Crippen LogP contribution is 2.31. The molecule has 1 aliphatic heterocycles. The molecule has 79 valence electrons. The molecule has 0 bridgehead atoms. The molecule has 1 radical (unpaired) electrons. The number of fused-ring (bicyclic) bond motifs is 1. The molecule has 0 saturated carbocycles. The Balaban J connectivity index is 1.96. The summed E-state index contributed by atoms with van der Waals surface area (Å²) in [6, 6.07) is 7.35. The fourth-order valence-corrected chi connectivity index (χ4v) is 1.48. The van der Waals surface area contributed by atoms with Crippen LogP contribution < -0.4 is 9.47 Å². The van der Waals surface area contributed by atoms with Gasteiger partial charge in [-0.15, -0.1) is 0 Å². The van der Waals surface area contributed by atoms with Gasteiger partial charge in [-0.1, -0.05) is 12.1 Å². The Hall–Kier alpha value is -1.71. The lowest BCUT2D eigenvalue weighted by molar-refractivity contribution is -0.143. The van der Waals surface area contributed by atoms with Crippen LogP contribution in [0.1, 0.15) is 12.8 Å². The Bertz CT molecular complexity index is 361. The summed E-state index contributed by atoms with van der Waals surface area (Å²) in [5.74, 6) is 0.326. The molecule has 0 saturated heterocycles. The second kappa shape index (κ2) is 4.21. The molecular formula is C11H11O4. The van der Waals surface area contributed by atoms with E-state index in [2.05, 4.69) is 0 Å². The minimum Gasteiger partial charge on any atom is -0.486 e. The molecule has 0 aliphatic carbocycles. The number of hydrogen-bond acceptors (Lipinski definition) is 3. The molecule has 1 unspecified atom stereocenters. The van der Waals surface area contributed by atoms with E-state index < -0.39 is 5.97 Å². The molecule has 1 aromatic rings. The van der Waals surface area contributed by atoms with Gasteiger partial charge < -0.3 is 9.47 Å². The molecule has 1 aromatic carbocycles. The molecule has 1 heterocycles. The van der Waals surface area contributed by atoms with Gasteiger partial charge in [0.05, 0.1) is 6.42 Å². The van der Waals surface area contributed by atoms with Crippen LogP contribution in [0.3, 0.4) is 0 Å². The van der Waals surface area contributed by atoms with E-state index in [9.17, 15) is 9.90 Å². The topological polar surface area (TPSA) is 55.4 Å². The SMILES string of the molecule is [O]C(=O)CCC1COc2ccccc2O1. The minimum atomic E-state index is -1.06. The number of benzene rings is 1. The zero-order chi connectivity index (χ0) is 10.7. The van der Waals surface area contributed by atoms with Gasteiger partial charge in [-0.25, -0.2) is 9.90 Å². The van der Waals surface area contributed by atoms with E-state index in [1.165, 1.54) is 0 Å². The fourth-order valence-electron chi connectivity index (χ4n) is 1.48. The van der Waals surface area contributed by atoms with E-state index in [4.69, 9.17) is 9.47 Å². The highest BCUT2D eigenvalue weighted by Gasteiger charge is 2.21. The molecule has 0 fully saturated rings. The Morgan fingerprint density at radius 1 is 1.33 bits per heavy atom. The second-order valence-electron chi connectivity index (χ2n) is 3.41. The molecular weight excluding hydrogens is 196 g/mol. The predicted molar refractivity (Wildman–Crippen MR) is 51.3 cm³/mol. The first-order valence-corrected chi connectivity index (χ1v) is 4.84. The van der Waals surface area contributed by atoms with E-state index in [1.807, 2.05) is 18.2 Å². The van der Waals surface area contributed by atoms with E-state index in [1.54, 1.807) is 6.07 Å². The summed E-state index contributed by atoms with van der Waals surface area (Å²) in [7, 11) is 0. The number of carbonyl (C=O) groups excluding carboxylic acids is 1. The summed E-state index contributed by atoms with van der Waals surface area (Å²) < 4.78 is 11.0. The zero-order valence-electron chi connectivity index (χ0n) is 8.14. The van der Waals surface area contributed by atoms with Gasteiger partial charge >= 0.3 is 5.97 Å². The first kappa shape index (κ1) is 9.83. The lowest BCUT2D eigenvalue weighted by Crippen LogP contribution is -2.29. The molecule has 1 atom stereocenters. The van der Waals surface area contributed by atoms with Crippen molar-refractivity contribution in [1.29, 1.82) is 0 Å². The van der Waals surface area contributed by atoms with Crippen LogP contribution in [0.25, 0.3) is 0 Å². The third kappa shape index (κ3) is 2.40. The first-order chi connectivity index (χ1) is 7.25. The van der Waals surface area contributed by atoms with E-state index in [0.29, 0.717) is 24.5 Å². The molecule has 0 N–H and O–H groups in total. The standard InChI is InChI=1S/C11H11O4/c12-11(13)6-5-8-7-14-9-3-1-2-4-10(9)15-8/h1-4,8H,5-7H2. The van der Waals surface area contributed by atoms with Crippen LogP contribution in [-0.2, 0) is 9.90 Å². The normalized spacial score (nSPS) is 18.5.